The Morgan fingerprint density at radius 3 is 1.66 bits per heavy atom. The fourth-order valence-corrected chi connectivity index (χ4v) is 6.76. The maximum atomic E-state index is 11.6. The number of esters is 1. The Balaban J connectivity index is 1.39. The van der Waals surface area contributed by atoms with Gasteiger partial charge in [-0.15, -0.1) is 0 Å². The highest BCUT2D eigenvalue weighted by Gasteiger charge is 2.35. The second-order valence-corrected chi connectivity index (χ2v) is 13.8. The standard InChI is InChI=1S/C37H68O7/c1-3-4-5-6-7-8-9-13-16-19-22-33(40)35-25-26-36(44-35)34(41)28-32(39)21-18-15-12-10-11-14-17-20-31(38)24-23-30-27-29(2)43-37(30)42/h27,29,31-36,38-41H,3-26,28H2,1-2H3/t29-,31-,32+,33-,34+,35+,36+/m0/s1. The van der Waals surface area contributed by atoms with Crippen molar-refractivity contribution in [2.24, 2.45) is 0 Å². The van der Waals surface area contributed by atoms with Crippen molar-refractivity contribution in [1.82, 2.24) is 0 Å². The lowest BCUT2D eigenvalue weighted by molar-refractivity contribution is -0.139. The van der Waals surface area contributed by atoms with E-state index in [9.17, 15) is 25.2 Å². The van der Waals surface area contributed by atoms with Gasteiger partial charge in [-0.05, 0) is 57.9 Å². The van der Waals surface area contributed by atoms with Crippen LogP contribution in [0.15, 0.2) is 11.6 Å². The number of cyclic esters (lactones) is 1. The molecule has 44 heavy (non-hydrogen) atoms. The first kappa shape index (κ1) is 39.2. The number of carbonyl (C=O) groups is 1. The summed E-state index contributed by atoms with van der Waals surface area (Å²) in [7, 11) is 0. The largest absolute Gasteiger partial charge is 0.455 e. The van der Waals surface area contributed by atoms with Crippen molar-refractivity contribution < 1.29 is 34.7 Å². The molecular weight excluding hydrogens is 556 g/mol. The van der Waals surface area contributed by atoms with Crippen molar-refractivity contribution in [3.8, 4) is 0 Å². The Morgan fingerprint density at radius 2 is 1.14 bits per heavy atom. The molecular formula is C37H68O7. The molecule has 0 saturated carbocycles. The Hall–Kier alpha value is -0.990. The van der Waals surface area contributed by atoms with Crippen LogP contribution >= 0.6 is 0 Å². The number of carbonyl (C=O) groups excluding carboxylic acids is 1. The predicted molar refractivity (Wildman–Crippen MR) is 177 cm³/mol. The number of unbranched alkanes of at least 4 members (excludes halogenated alkanes) is 15. The molecule has 1 saturated heterocycles. The van der Waals surface area contributed by atoms with Crippen LogP contribution in [0, 0.1) is 0 Å². The quantitative estimate of drug-likeness (QED) is 0.0518. The van der Waals surface area contributed by atoms with Crippen LogP contribution in [-0.4, -0.2) is 69.1 Å². The zero-order valence-corrected chi connectivity index (χ0v) is 28.3. The molecule has 2 heterocycles. The third kappa shape index (κ3) is 17.6. The van der Waals surface area contributed by atoms with Crippen LogP contribution in [0.4, 0.5) is 0 Å². The van der Waals surface area contributed by atoms with Gasteiger partial charge in [0.1, 0.15) is 6.10 Å². The Morgan fingerprint density at radius 1 is 0.659 bits per heavy atom. The number of aliphatic hydroxyl groups excluding tert-OH is 4. The molecule has 0 amide bonds. The second kappa shape index (κ2) is 24.2. The second-order valence-electron chi connectivity index (χ2n) is 13.8. The van der Waals surface area contributed by atoms with Crippen LogP contribution in [0.3, 0.4) is 0 Å². The number of rotatable bonds is 28. The smallest absolute Gasteiger partial charge is 0.334 e. The SMILES string of the molecule is CCCCCCCCCCCC[C@H](O)[C@H]1CC[C@H]([C@H](O)C[C@H](O)CCCCCCCCC[C@H](O)CCC2=C[C@H](C)OC2=O)O1. The minimum atomic E-state index is -0.679. The molecule has 0 spiro atoms. The number of hydrogen-bond acceptors (Lipinski definition) is 7. The third-order valence-electron chi connectivity index (χ3n) is 9.62. The van der Waals surface area contributed by atoms with E-state index in [2.05, 4.69) is 6.92 Å². The van der Waals surface area contributed by atoms with Gasteiger partial charge in [-0.3, -0.25) is 0 Å². The molecule has 0 aromatic rings. The Labute approximate surface area is 269 Å². The predicted octanol–water partition coefficient (Wildman–Crippen LogP) is 7.84. The summed E-state index contributed by atoms with van der Waals surface area (Å²) in [4.78, 5) is 11.6. The molecule has 0 aromatic carbocycles. The van der Waals surface area contributed by atoms with Gasteiger partial charge in [0.05, 0.1) is 36.6 Å². The highest BCUT2D eigenvalue weighted by Crippen LogP contribution is 2.29. The topological polar surface area (TPSA) is 116 Å². The van der Waals surface area contributed by atoms with Crippen molar-refractivity contribution >= 4 is 5.97 Å². The van der Waals surface area contributed by atoms with Gasteiger partial charge < -0.3 is 29.9 Å². The van der Waals surface area contributed by atoms with Gasteiger partial charge in [-0.25, -0.2) is 4.79 Å². The van der Waals surface area contributed by atoms with Crippen molar-refractivity contribution in [3.05, 3.63) is 11.6 Å². The van der Waals surface area contributed by atoms with Crippen molar-refractivity contribution in [1.29, 1.82) is 0 Å². The van der Waals surface area contributed by atoms with Gasteiger partial charge >= 0.3 is 5.97 Å². The van der Waals surface area contributed by atoms with Crippen molar-refractivity contribution in [2.45, 2.75) is 217 Å². The fraction of sp³-hybridized carbons (Fsp3) is 0.919. The van der Waals surface area contributed by atoms with Gasteiger partial charge in [0.15, 0.2) is 0 Å². The fourth-order valence-electron chi connectivity index (χ4n) is 6.76. The molecule has 2 rings (SSSR count). The van der Waals surface area contributed by atoms with Crippen LogP contribution in [0.1, 0.15) is 174 Å². The van der Waals surface area contributed by atoms with Crippen LogP contribution in [0.25, 0.3) is 0 Å². The molecule has 2 aliphatic rings. The molecule has 7 nitrogen and oxygen atoms in total. The van der Waals surface area contributed by atoms with Crippen LogP contribution in [0.2, 0.25) is 0 Å². The minimum absolute atomic E-state index is 0.145. The van der Waals surface area contributed by atoms with E-state index in [1.54, 1.807) is 0 Å². The number of hydrogen-bond donors (Lipinski definition) is 4. The molecule has 4 N–H and O–H groups in total. The first-order valence-electron chi connectivity index (χ1n) is 18.6. The molecule has 1 fully saturated rings. The Bertz CT molecular complexity index is 756. The van der Waals surface area contributed by atoms with Gasteiger partial charge in [-0.1, -0.05) is 116 Å². The normalized spacial score (nSPS) is 23.0. The third-order valence-corrected chi connectivity index (χ3v) is 9.62. The lowest BCUT2D eigenvalue weighted by Gasteiger charge is -2.23. The average molecular weight is 625 g/mol. The summed E-state index contributed by atoms with van der Waals surface area (Å²) in [5.74, 6) is -0.240. The molecule has 7 heteroatoms. The summed E-state index contributed by atoms with van der Waals surface area (Å²) in [6.45, 7) is 4.10. The zero-order chi connectivity index (χ0) is 32.0. The van der Waals surface area contributed by atoms with E-state index in [-0.39, 0.29) is 30.4 Å². The average Bonchev–Trinajstić information content (AvgIpc) is 3.62. The Kier molecular flexibility index (Phi) is 21.6. The molecule has 0 aliphatic carbocycles. The highest BCUT2D eigenvalue weighted by molar-refractivity contribution is 5.90. The number of aliphatic hydroxyl groups is 4. The lowest BCUT2D eigenvalue weighted by Crippen LogP contribution is -2.33. The number of ether oxygens (including phenoxy) is 2. The highest BCUT2D eigenvalue weighted by atomic mass is 16.5. The zero-order valence-electron chi connectivity index (χ0n) is 28.3. The minimum Gasteiger partial charge on any atom is -0.455 e. The van der Waals surface area contributed by atoms with Crippen molar-refractivity contribution in [2.75, 3.05) is 0 Å². The van der Waals surface area contributed by atoms with E-state index in [1.165, 1.54) is 57.8 Å². The molecule has 7 atom stereocenters. The van der Waals surface area contributed by atoms with Crippen LogP contribution in [-0.2, 0) is 14.3 Å². The van der Waals surface area contributed by atoms with Gasteiger partial charge in [0.25, 0.3) is 0 Å². The maximum Gasteiger partial charge on any atom is 0.334 e. The van der Waals surface area contributed by atoms with Crippen LogP contribution in [0.5, 0.6) is 0 Å². The molecule has 0 radical (unpaired) electrons. The molecule has 0 unspecified atom stereocenters. The van der Waals surface area contributed by atoms with Gasteiger partial charge in [0.2, 0.25) is 0 Å². The van der Waals surface area contributed by atoms with E-state index in [4.69, 9.17) is 9.47 Å². The van der Waals surface area contributed by atoms with E-state index in [0.717, 1.165) is 77.0 Å². The summed E-state index contributed by atoms with van der Waals surface area (Å²) in [5.41, 5.74) is 0.696. The van der Waals surface area contributed by atoms with E-state index >= 15 is 0 Å². The lowest BCUT2D eigenvalue weighted by atomic mass is 9.98. The summed E-state index contributed by atoms with van der Waals surface area (Å²) >= 11 is 0. The summed E-state index contributed by atoms with van der Waals surface area (Å²) in [6, 6.07) is 0. The summed E-state index contributed by atoms with van der Waals surface area (Å²) in [6.07, 6.45) is 24.9. The maximum absolute atomic E-state index is 11.6. The van der Waals surface area contributed by atoms with E-state index in [1.807, 2.05) is 13.0 Å². The first-order chi connectivity index (χ1) is 21.3. The summed E-state index contributed by atoms with van der Waals surface area (Å²) < 4.78 is 11.1. The molecule has 0 bridgehead atoms. The monoisotopic (exact) mass is 624 g/mol. The van der Waals surface area contributed by atoms with Crippen LogP contribution < -0.4 is 0 Å². The van der Waals surface area contributed by atoms with Gasteiger partial charge in [0, 0.05) is 12.0 Å². The van der Waals surface area contributed by atoms with Gasteiger partial charge in [-0.2, -0.15) is 0 Å². The van der Waals surface area contributed by atoms with Crippen molar-refractivity contribution in [3.63, 3.8) is 0 Å². The molecule has 0 aromatic heterocycles. The molecule has 258 valence electrons. The summed E-state index contributed by atoms with van der Waals surface area (Å²) in [5, 5.41) is 41.9. The van der Waals surface area contributed by atoms with E-state index < -0.39 is 18.3 Å². The first-order valence-corrected chi connectivity index (χ1v) is 18.6. The molecule has 2 aliphatic heterocycles. The van der Waals surface area contributed by atoms with E-state index in [0.29, 0.717) is 31.3 Å².